The summed E-state index contributed by atoms with van der Waals surface area (Å²) in [6, 6.07) is 11.3. The Hall–Kier alpha value is -1.95. The molecule has 2 heterocycles. The molecule has 0 aliphatic carbocycles. The van der Waals surface area contributed by atoms with Crippen LogP contribution in [0.1, 0.15) is 30.4 Å². The molecule has 1 unspecified atom stereocenters. The molecule has 2 aromatic rings. The zero-order valence-electron chi connectivity index (χ0n) is 14.8. The molecule has 1 aromatic heterocycles. The summed E-state index contributed by atoms with van der Waals surface area (Å²) in [4.78, 5) is 17.0. The Balaban J connectivity index is 1.67. The number of rotatable bonds is 7. The van der Waals surface area contributed by atoms with Gasteiger partial charge in [0.25, 0.3) is 0 Å². The van der Waals surface area contributed by atoms with Crippen LogP contribution in [0.2, 0.25) is 5.02 Å². The van der Waals surface area contributed by atoms with Crippen LogP contribution < -0.4 is 5.32 Å². The Morgan fingerprint density at radius 2 is 2.00 bits per heavy atom. The molecule has 5 nitrogen and oxygen atoms in total. The fourth-order valence-corrected chi connectivity index (χ4v) is 3.17. The van der Waals surface area contributed by atoms with E-state index in [1.54, 1.807) is 12.4 Å². The van der Waals surface area contributed by atoms with Crippen molar-refractivity contribution in [3.05, 3.63) is 64.9 Å². The van der Waals surface area contributed by atoms with Gasteiger partial charge < -0.3 is 14.8 Å². The van der Waals surface area contributed by atoms with Crippen LogP contribution in [-0.2, 0) is 20.7 Å². The second kappa shape index (κ2) is 8.62. The third kappa shape index (κ3) is 5.04. The minimum absolute atomic E-state index is 0.0298. The van der Waals surface area contributed by atoms with Crippen LogP contribution in [0.5, 0.6) is 0 Å². The summed E-state index contributed by atoms with van der Waals surface area (Å²) in [6.45, 7) is 3.59. The van der Waals surface area contributed by atoms with E-state index in [1.165, 1.54) is 0 Å². The van der Waals surface area contributed by atoms with Crippen molar-refractivity contribution in [2.45, 2.75) is 31.5 Å². The number of hydrogen-bond acceptors (Lipinski definition) is 4. The third-order valence-corrected chi connectivity index (χ3v) is 4.78. The van der Waals surface area contributed by atoms with E-state index in [0.717, 1.165) is 11.1 Å². The van der Waals surface area contributed by atoms with Gasteiger partial charge in [-0.05, 0) is 42.7 Å². The second-order valence-corrected chi connectivity index (χ2v) is 6.98. The normalized spacial score (nSPS) is 17.0. The number of nitrogens with one attached hydrogen (secondary N) is 1. The maximum absolute atomic E-state index is 12.9. The van der Waals surface area contributed by atoms with Gasteiger partial charge in [0.05, 0.1) is 19.1 Å². The number of pyridine rings is 1. The number of aromatic nitrogens is 1. The predicted molar refractivity (Wildman–Crippen MR) is 100 cm³/mol. The van der Waals surface area contributed by atoms with Gasteiger partial charge in [0, 0.05) is 30.4 Å². The van der Waals surface area contributed by atoms with Crippen LogP contribution in [0.25, 0.3) is 0 Å². The van der Waals surface area contributed by atoms with Gasteiger partial charge in [-0.15, -0.1) is 0 Å². The molecule has 1 atom stereocenters. The third-order valence-electron chi connectivity index (χ3n) is 4.53. The molecular formula is C20H23ClN2O3. The maximum Gasteiger partial charge on any atom is 0.227 e. The van der Waals surface area contributed by atoms with Gasteiger partial charge >= 0.3 is 0 Å². The van der Waals surface area contributed by atoms with Crippen molar-refractivity contribution >= 4 is 17.5 Å². The molecule has 6 heteroatoms. The fraction of sp³-hybridized carbons (Fsp3) is 0.400. The van der Waals surface area contributed by atoms with Crippen LogP contribution in [0.3, 0.4) is 0 Å². The summed E-state index contributed by atoms with van der Waals surface area (Å²) in [6.07, 6.45) is 4.70. The average molecular weight is 375 g/mol. The van der Waals surface area contributed by atoms with Crippen molar-refractivity contribution in [3.8, 4) is 0 Å². The Bertz CT molecular complexity index is 716. The first kappa shape index (κ1) is 18.8. The van der Waals surface area contributed by atoms with Gasteiger partial charge in [-0.2, -0.15) is 0 Å². The molecule has 1 aliphatic rings. The molecule has 1 amide bonds. The van der Waals surface area contributed by atoms with Gasteiger partial charge in [-0.1, -0.05) is 29.8 Å². The first-order chi connectivity index (χ1) is 12.6. The van der Waals surface area contributed by atoms with Gasteiger partial charge in [-0.3, -0.25) is 9.78 Å². The maximum atomic E-state index is 12.9. The highest BCUT2D eigenvalue weighted by atomic mass is 35.5. The van der Waals surface area contributed by atoms with E-state index in [0.29, 0.717) is 37.6 Å². The second-order valence-electron chi connectivity index (χ2n) is 6.54. The SMILES string of the molecule is CC1(CCNC(=O)C(Cc2cccnc2)c2ccc(Cl)cc2)OCCO1. The predicted octanol–water partition coefficient (Wildman–Crippen LogP) is 3.33. The number of benzene rings is 1. The summed E-state index contributed by atoms with van der Waals surface area (Å²) in [5.74, 6) is -0.945. The smallest absolute Gasteiger partial charge is 0.227 e. The molecule has 0 bridgehead atoms. The number of ether oxygens (including phenoxy) is 2. The molecule has 0 saturated carbocycles. The van der Waals surface area contributed by atoms with E-state index >= 15 is 0 Å². The summed E-state index contributed by atoms with van der Waals surface area (Å²) in [5, 5.41) is 3.67. The van der Waals surface area contributed by atoms with Crippen molar-refractivity contribution in [1.82, 2.24) is 10.3 Å². The molecule has 26 heavy (non-hydrogen) atoms. The zero-order valence-corrected chi connectivity index (χ0v) is 15.5. The molecule has 1 saturated heterocycles. The van der Waals surface area contributed by atoms with Crippen LogP contribution >= 0.6 is 11.6 Å². The van der Waals surface area contributed by atoms with E-state index in [4.69, 9.17) is 21.1 Å². The summed E-state index contributed by atoms with van der Waals surface area (Å²) in [7, 11) is 0. The lowest BCUT2D eigenvalue weighted by Gasteiger charge is -2.23. The van der Waals surface area contributed by atoms with Gasteiger partial charge in [0.15, 0.2) is 5.79 Å². The van der Waals surface area contributed by atoms with E-state index in [9.17, 15) is 4.79 Å². The number of hydrogen-bond donors (Lipinski definition) is 1. The number of halogens is 1. The molecule has 138 valence electrons. The van der Waals surface area contributed by atoms with Crippen LogP contribution in [-0.4, -0.2) is 36.4 Å². The molecular weight excluding hydrogens is 352 g/mol. The number of amides is 1. The van der Waals surface area contributed by atoms with E-state index in [2.05, 4.69) is 10.3 Å². The lowest BCUT2D eigenvalue weighted by atomic mass is 9.91. The molecule has 0 spiro atoms. The van der Waals surface area contributed by atoms with E-state index in [1.807, 2.05) is 43.3 Å². The molecule has 1 fully saturated rings. The fourth-order valence-electron chi connectivity index (χ4n) is 3.05. The Labute approximate surface area is 158 Å². The molecule has 1 aliphatic heterocycles. The van der Waals surface area contributed by atoms with Crippen LogP contribution in [0, 0.1) is 0 Å². The Morgan fingerprint density at radius 3 is 2.65 bits per heavy atom. The number of nitrogens with zero attached hydrogens (tertiary/aromatic N) is 1. The average Bonchev–Trinajstić information content (AvgIpc) is 3.08. The molecule has 1 N–H and O–H groups in total. The number of carbonyl (C=O) groups is 1. The van der Waals surface area contributed by atoms with Crippen molar-refractivity contribution in [3.63, 3.8) is 0 Å². The molecule has 1 aromatic carbocycles. The van der Waals surface area contributed by atoms with Crippen molar-refractivity contribution < 1.29 is 14.3 Å². The van der Waals surface area contributed by atoms with Crippen molar-refractivity contribution in [1.29, 1.82) is 0 Å². The van der Waals surface area contributed by atoms with E-state index < -0.39 is 5.79 Å². The minimum Gasteiger partial charge on any atom is -0.355 e. The largest absolute Gasteiger partial charge is 0.355 e. The standard InChI is InChI=1S/C20H23ClN2O3/c1-20(25-11-12-26-20)8-10-23-19(24)18(13-15-3-2-9-22-14-15)16-4-6-17(21)7-5-16/h2-7,9,14,18H,8,10-13H2,1H3,(H,23,24). The van der Waals surface area contributed by atoms with Gasteiger partial charge in [-0.25, -0.2) is 0 Å². The quantitative estimate of drug-likeness (QED) is 0.807. The minimum atomic E-state index is -0.605. The van der Waals surface area contributed by atoms with Gasteiger partial charge in [0.1, 0.15) is 0 Å². The highest BCUT2D eigenvalue weighted by Gasteiger charge is 2.31. The first-order valence-corrected chi connectivity index (χ1v) is 9.13. The van der Waals surface area contributed by atoms with E-state index in [-0.39, 0.29) is 11.8 Å². The van der Waals surface area contributed by atoms with Gasteiger partial charge in [0.2, 0.25) is 5.91 Å². The monoisotopic (exact) mass is 374 g/mol. The molecule has 0 radical (unpaired) electrons. The van der Waals surface area contributed by atoms with Crippen LogP contribution in [0.15, 0.2) is 48.8 Å². The Morgan fingerprint density at radius 1 is 1.27 bits per heavy atom. The van der Waals surface area contributed by atoms with Crippen LogP contribution in [0.4, 0.5) is 0 Å². The topological polar surface area (TPSA) is 60.5 Å². The number of carbonyl (C=O) groups excluding carboxylic acids is 1. The summed E-state index contributed by atoms with van der Waals surface area (Å²) >= 11 is 5.99. The summed E-state index contributed by atoms with van der Waals surface area (Å²) < 4.78 is 11.2. The summed E-state index contributed by atoms with van der Waals surface area (Å²) in [5.41, 5.74) is 1.94. The first-order valence-electron chi connectivity index (χ1n) is 8.76. The van der Waals surface area contributed by atoms with Crippen molar-refractivity contribution in [2.75, 3.05) is 19.8 Å². The lowest BCUT2D eigenvalue weighted by molar-refractivity contribution is -0.146. The lowest BCUT2D eigenvalue weighted by Crippen LogP contribution is -2.36. The highest BCUT2D eigenvalue weighted by Crippen LogP contribution is 2.24. The molecule has 3 rings (SSSR count). The highest BCUT2D eigenvalue weighted by molar-refractivity contribution is 6.30. The zero-order chi connectivity index (χ0) is 18.4. The van der Waals surface area contributed by atoms with Crippen molar-refractivity contribution in [2.24, 2.45) is 0 Å². The Kier molecular flexibility index (Phi) is 6.25.